The van der Waals surface area contributed by atoms with Crippen LogP contribution in [0.15, 0.2) is 12.2 Å². The van der Waals surface area contributed by atoms with E-state index >= 15 is 0 Å². The van der Waals surface area contributed by atoms with Gasteiger partial charge in [-0.15, -0.1) is 0 Å². The van der Waals surface area contributed by atoms with Gasteiger partial charge in [0.25, 0.3) is 0 Å². The van der Waals surface area contributed by atoms with E-state index < -0.39 is 0 Å². The van der Waals surface area contributed by atoms with Crippen molar-refractivity contribution in [2.75, 3.05) is 6.54 Å². The first-order chi connectivity index (χ1) is 5.40. The van der Waals surface area contributed by atoms with Crippen molar-refractivity contribution in [2.45, 2.75) is 37.9 Å². The summed E-state index contributed by atoms with van der Waals surface area (Å²) in [6, 6.07) is 2.03. The number of fused-ring (bicyclic) bond motifs is 2. The number of allylic oxidation sites excluding steroid dienone is 1. The lowest BCUT2D eigenvalue weighted by Crippen LogP contribution is -2.54. The largest absolute Gasteiger partial charge is 0.308 e. The van der Waals surface area contributed by atoms with Crippen molar-refractivity contribution in [2.24, 2.45) is 0 Å². The van der Waals surface area contributed by atoms with E-state index in [2.05, 4.69) is 29.7 Å². The van der Waals surface area contributed by atoms with Gasteiger partial charge in [0.2, 0.25) is 0 Å². The van der Waals surface area contributed by atoms with Gasteiger partial charge in [0.1, 0.15) is 0 Å². The van der Waals surface area contributed by atoms with E-state index in [-0.39, 0.29) is 0 Å². The minimum atomic E-state index is 0.582. The predicted octanol–water partition coefficient (Wildman–Crippen LogP) is 0.655. The molecule has 2 heterocycles. The molecule has 0 amide bonds. The van der Waals surface area contributed by atoms with Gasteiger partial charge in [0, 0.05) is 24.7 Å². The average molecular weight is 152 g/mol. The third-order valence-electron chi connectivity index (χ3n) is 2.71. The highest BCUT2D eigenvalue weighted by molar-refractivity contribution is 5.06. The zero-order valence-corrected chi connectivity index (χ0v) is 7.01. The topological polar surface area (TPSA) is 24.1 Å². The molecule has 0 aromatic rings. The Labute approximate surface area is 68.1 Å². The van der Waals surface area contributed by atoms with Crippen LogP contribution in [-0.2, 0) is 0 Å². The molecule has 2 nitrogen and oxygen atoms in total. The normalized spacial score (nSPS) is 43.5. The van der Waals surface area contributed by atoms with Gasteiger partial charge in [0.15, 0.2) is 0 Å². The number of hydrogen-bond donors (Lipinski definition) is 2. The molecule has 0 aromatic carbocycles. The first-order valence-electron chi connectivity index (χ1n) is 4.52. The Balaban J connectivity index is 2.01. The first kappa shape index (κ1) is 7.32. The molecule has 2 heteroatoms. The Morgan fingerprint density at radius 1 is 1.36 bits per heavy atom. The van der Waals surface area contributed by atoms with Crippen LogP contribution in [0.25, 0.3) is 0 Å². The van der Waals surface area contributed by atoms with Crippen LogP contribution in [0.1, 0.15) is 19.8 Å². The van der Waals surface area contributed by atoms with E-state index in [1.807, 2.05) is 0 Å². The summed E-state index contributed by atoms with van der Waals surface area (Å²) in [6.07, 6.45) is 7.09. The maximum absolute atomic E-state index is 3.61. The summed E-state index contributed by atoms with van der Waals surface area (Å²) in [6.45, 7) is 3.23. The van der Waals surface area contributed by atoms with Gasteiger partial charge in [-0.3, -0.25) is 0 Å². The number of nitrogens with one attached hydrogen (secondary N) is 2. The van der Waals surface area contributed by atoms with Crippen molar-refractivity contribution in [3.05, 3.63) is 12.2 Å². The molecule has 2 saturated heterocycles. The molecule has 2 fully saturated rings. The number of hydrogen-bond acceptors (Lipinski definition) is 2. The number of rotatable bonds is 1. The molecule has 0 spiro atoms. The molecule has 0 unspecified atom stereocenters. The van der Waals surface area contributed by atoms with Gasteiger partial charge < -0.3 is 10.6 Å². The summed E-state index contributed by atoms with van der Waals surface area (Å²) >= 11 is 0. The average Bonchev–Trinajstić information content (AvgIpc) is 2.40. The van der Waals surface area contributed by atoms with Gasteiger partial charge in [-0.25, -0.2) is 0 Å². The third-order valence-corrected chi connectivity index (χ3v) is 2.71. The Morgan fingerprint density at radius 3 is 3.09 bits per heavy atom. The highest BCUT2D eigenvalue weighted by atomic mass is 15.1. The molecule has 0 aromatic heterocycles. The van der Waals surface area contributed by atoms with Crippen LogP contribution in [0.5, 0.6) is 0 Å². The summed E-state index contributed by atoms with van der Waals surface area (Å²) in [7, 11) is 0. The van der Waals surface area contributed by atoms with Crippen LogP contribution in [0.2, 0.25) is 0 Å². The fraction of sp³-hybridized carbons (Fsp3) is 0.778. The molecule has 2 aliphatic heterocycles. The van der Waals surface area contributed by atoms with Crippen molar-refractivity contribution in [3.8, 4) is 0 Å². The van der Waals surface area contributed by atoms with Gasteiger partial charge >= 0.3 is 0 Å². The summed E-state index contributed by atoms with van der Waals surface area (Å²) in [5.41, 5.74) is 0. The van der Waals surface area contributed by atoms with Gasteiger partial charge in [0.05, 0.1) is 0 Å². The van der Waals surface area contributed by atoms with E-state index in [0.717, 1.165) is 12.6 Å². The smallest absolute Gasteiger partial charge is 0.0405 e. The van der Waals surface area contributed by atoms with E-state index in [1.54, 1.807) is 0 Å². The molecule has 11 heavy (non-hydrogen) atoms. The molecular weight excluding hydrogens is 136 g/mol. The second-order valence-electron chi connectivity index (χ2n) is 3.51. The fourth-order valence-electron chi connectivity index (χ4n) is 2.12. The molecule has 0 radical (unpaired) electrons. The maximum atomic E-state index is 3.61. The minimum absolute atomic E-state index is 0.582. The van der Waals surface area contributed by atoms with Crippen molar-refractivity contribution in [1.82, 2.24) is 10.6 Å². The second kappa shape index (κ2) is 2.95. The van der Waals surface area contributed by atoms with Gasteiger partial charge in [-0.2, -0.15) is 0 Å². The van der Waals surface area contributed by atoms with Crippen LogP contribution in [-0.4, -0.2) is 24.7 Å². The van der Waals surface area contributed by atoms with Crippen LogP contribution in [0, 0.1) is 0 Å². The van der Waals surface area contributed by atoms with Crippen LogP contribution in [0.4, 0.5) is 0 Å². The van der Waals surface area contributed by atoms with Crippen molar-refractivity contribution >= 4 is 0 Å². The first-order valence-corrected chi connectivity index (χ1v) is 4.52. The molecule has 3 atom stereocenters. The van der Waals surface area contributed by atoms with Crippen LogP contribution >= 0.6 is 0 Å². The number of piperazine rings is 1. The minimum Gasteiger partial charge on any atom is -0.308 e. The summed E-state index contributed by atoms with van der Waals surface area (Å²) in [5.74, 6) is 0. The van der Waals surface area contributed by atoms with Crippen molar-refractivity contribution in [3.63, 3.8) is 0 Å². The molecule has 0 aliphatic carbocycles. The summed E-state index contributed by atoms with van der Waals surface area (Å²) in [4.78, 5) is 0. The zero-order valence-electron chi connectivity index (χ0n) is 7.01. The van der Waals surface area contributed by atoms with Crippen LogP contribution < -0.4 is 10.6 Å². The lowest BCUT2D eigenvalue weighted by atomic mass is 10.1. The lowest BCUT2D eigenvalue weighted by Gasteiger charge is -2.29. The molecule has 2 N–H and O–H groups in total. The fourth-order valence-corrected chi connectivity index (χ4v) is 2.12. The van der Waals surface area contributed by atoms with Crippen LogP contribution in [0.3, 0.4) is 0 Å². The summed E-state index contributed by atoms with van der Waals surface area (Å²) < 4.78 is 0. The van der Waals surface area contributed by atoms with Crippen molar-refractivity contribution < 1.29 is 0 Å². The molecule has 2 rings (SSSR count). The molecule has 2 aliphatic rings. The molecule has 0 saturated carbocycles. The quantitative estimate of drug-likeness (QED) is 0.539. The van der Waals surface area contributed by atoms with E-state index in [1.165, 1.54) is 12.8 Å². The Morgan fingerprint density at radius 2 is 2.27 bits per heavy atom. The third kappa shape index (κ3) is 1.33. The van der Waals surface area contributed by atoms with E-state index in [0.29, 0.717) is 12.1 Å². The standard InChI is InChI=1S/C9H16N2/c1-2-3-8-9-5-4-7(11-9)6-10-8/h2-3,7-11H,4-6H2,1H3/b3-2-/t7-,8-,9+/m1/s1. The van der Waals surface area contributed by atoms with E-state index in [9.17, 15) is 0 Å². The second-order valence-corrected chi connectivity index (χ2v) is 3.51. The molecule has 2 bridgehead atoms. The van der Waals surface area contributed by atoms with Gasteiger partial charge in [-0.05, 0) is 19.8 Å². The molecular formula is C9H16N2. The Hall–Kier alpha value is -0.340. The zero-order chi connectivity index (χ0) is 7.68. The lowest BCUT2D eigenvalue weighted by molar-refractivity contribution is 0.371. The summed E-state index contributed by atoms with van der Waals surface area (Å²) in [5, 5.41) is 7.14. The monoisotopic (exact) mass is 152 g/mol. The molecule has 62 valence electrons. The Kier molecular flexibility index (Phi) is 1.96. The highest BCUT2D eigenvalue weighted by Crippen LogP contribution is 2.19. The van der Waals surface area contributed by atoms with Crippen molar-refractivity contribution in [1.29, 1.82) is 0 Å². The highest BCUT2D eigenvalue weighted by Gasteiger charge is 2.32. The predicted molar refractivity (Wildman–Crippen MR) is 46.6 cm³/mol. The maximum Gasteiger partial charge on any atom is 0.0405 e. The Bertz CT molecular complexity index is 165. The SMILES string of the molecule is C/C=C\[C@H]1NC[C@H]2CC[C@@H]1N2. The van der Waals surface area contributed by atoms with E-state index in [4.69, 9.17) is 0 Å². The van der Waals surface area contributed by atoms with Gasteiger partial charge in [-0.1, -0.05) is 12.2 Å².